The van der Waals surface area contributed by atoms with Crippen molar-refractivity contribution in [3.63, 3.8) is 0 Å². The number of ether oxygens (including phenoxy) is 2. The van der Waals surface area contributed by atoms with Crippen LogP contribution in [0.1, 0.15) is 28.4 Å². The standard InChI is InChI=1S/C23H22ClNO3/c1-2-27-20-12-10-17(11-13-20)15-25-23(26)18-7-5-8-21(14-18)28-16-19-6-3-4-9-22(19)24/h3-14H,2,15-16H2,1H3,(H,25,26). The van der Waals surface area contributed by atoms with E-state index in [9.17, 15) is 4.79 Å². The molecule has 0 radical (unpaired) electrons. The Morgan fingerprint density at radius 1 is 0.929 bits per heavy atom. The van der Waals surface area contributed by atoms with Crippen LogP contribution in [0, 0.1) is 0 Å². The summed E-state index contributed by atoms with van der Waals surface area (Å²) in [6.45, 7) is 3.36. The van der Waals surface area contributed by atoms with Crippen molar-refractivity contribution >= 4 is 17.5 Å². The smallest absolute Gasteiger partial charge is 0.251 e. The molecule has 0 aromatic heterocycles. The van der Waals surface area contributed by atoms with Gasteiger partial charge in [-0.3, -0.25) is 4.79 Å². The molecule has 0 aliphatic heterocycles. The maximum absolute atomic E-state index is 12.5. The molecule has 0 saturated heterocycles. The summed E-state index contributed by atoms with van der Waals surface area (Å²) in [4.78, 5) is 12.5. The normalized spacial score (nSPS) is 10.4. The molecule has 4 nitrogen and oxygen atoms in total. The number of hydrogen-bond donors (Lipinski definition) is 1. The lowest BCUT2D eigenvalue weighted by atomic mass is 10.1. The molecule has 3 aromatic carbocycles. The van der Waals surface area contributed by atoms with E-state index in [1.165, 1.54) is 0 Å². The summed E-state index contributed by atoms with van der Waals surface area (Å²) in [5, 5.41) is 3.58. The monoisotopic (exact) mass is 395 g/mol. The minimum atomic E-state index is -0.155. The second kappa shape index (κ2) is 9.81. The maximum Gasteiger partial charge on any atom is 0.251 e. The Morgan fingerprint density at radius 2 is 1.71 bits per heavy atom. The van der Waals surface area contributed by atoms with Gasteiger partial charge in [-0.1, -0.05) is 48.0 Å². The zero-order chi connectivity index (χ0) is 19.8. The van der Waals surface area contributed by atoms with Gasteiger partial charge in [0.15, 0.2) is 0 Å². The first-order valence-corrected chi connectivity index (χ1v) is 9.49. The predicted octanol–water partition coefficient (Wildman–Crippen LogP) is 5.25. The van der Waals surface area contributed by atoms with Crippen molar-refractivity contribution in [2.24, 2.45) is 0 Å². The van der Waals surface area contributed by atoms with E-state index < -0.39 is 0 Å². The lowest BCUT2D eigenvalue weighted by molar-refractivity contribution is 0.0950. The third-order valence-electron chi connectivity index (χ3n) is 4.14. The fourth-order valence-corrected chi connectivity index (χ4v) is 2.85. The first kappa shape index (κ1) is 19.8. The Bertz CT molecular complexity index is 925. The number of benzene rings is 3. The molecule has 5 heteroatoms. The lowest BCUT2D eigenvalue weighted by Crippen LogP contribution is -2.22. The van der Waals surface area contributed by atoms with E-state index in [4.69, 9.17) is 21.1 Å². The molecule has 0 saturated carbocycles. The van der Waals surface area contributed by atoms with Crippen LogP contribution in [0.5, 0.6) is 11.5 Å². The molecule has 1 N–H and O–H groups in total. The van der Waals surface area contributed by atoms with Gasteiger partial charge in [-0.25, -0.2) is 0 Å². The molecule has 144 valence electrons. The molecular weight excluding hydrogens is 374 g/mol. The fourth-order valence-electron chi connectivity index (χ4n) is 2.66. The Morgan fingerprint density at radius 3 is 2.46 bits per heavy atom. The minimum Gasteiger partial charge on any atom is -0.494 e. The van der Waals surface area contributed by atoms with Crippen LogP contribution >= 0.6 is 11.6 Å². The summed E-state index contributed by atoms with van der Waals surface area (Å²) in [6.07, 6.45) is 0. The fraction of sp³-hybridized carbons (Fsp3) is 0.174. The van der Waals surface area contributed by atoms with Crippen molar-refractivity contribution in [1.82, 2.24) is 5.32 Å². The van der Waals surface area contributed by atoms with Crippen LogP contribution in [0.4, 0.5) is 0 Å². The van der Waals surface area contributed by atoms with Crippen LogP contribution in [0.15, 0.2) is 72.8 Å². The van der Waals surface area contributed by atoms with E-state index in [-0.39, 0.29) is 5.91 Å². The van der Waals surface area contributed by atoms with Crippen LogP contribution in [-0.2, 0) is 13.2 Å². The Balaban J connectivity index is 1.56. The summed E-state index contributed by atoms with van der Waals surface area (Å²) in [7, 11) is 0. The van der Waals surface area contributed by atoms with Gasteiger partial charge < -0.3 is 14.8 Å². The topological polar surface area (TPSA) is 47.6 Å². The Labute approximate surface area is 170 Å². The molecule has 0 aliphatic carbocycles. The van der Waals surface area contributed by atoms with Crippen LogP contribution in [0.25, 0.3) is 0 Å². The molecule has 0 fully saturated rings. The first-order chi connectivity index (χ1) is 13.7. The van der Waals surface area contributed by atoms with Crippen molar-refractivity contribution < 1.29 is 14.3 Å². The summed E-state index contributed by atoms with van der Waals surface area (Å²) in [6, 6.07) is 22.3. The SMILES string of the molecule is CCOc1ccc(CNC(=O)c2cccc(OCc3ccccc3Cl)c2)cc1. The second-order valence-corrected chi connectivity index (χ2v) is 6.57. The molecule has 3 rings (SSSR count). The van der Waals surface area contributed by atoms with Crippen molar-refractivity contribution in [1.29, 1.82) is 0 Å². The number of nitrogens with one attached hydrogen (secondary N) is 1. The maximum atomic E-state index is 12.5. The van der Waals surface area contributed by atoms with Crippen molar-refractivity contribution in [2.45, 2.75) is 20.1 Å². The molecule has 0 spiro atoms. The molecule has 3 aromatic rings. The van der Waals surface area contributed by atoms with Crippen molar-refractivity contribution in [3.8, 4) is 11.5 Å². The van der Waals surface area contributed by atoms with Gasteiger partial charge in [0.1, 0.15) is 18.1 Å². The average Bonchev–Trinajstić information content (AvgIpc) is 2.73. The van der Waals surface area contributed by atoms with Gasteiger partial charge in [-0.2, -0.15) is 0 Å². The molecule has 1 amide bonds. The van der Waals surface area contributed by atoms with E-state index in [1.54, 1.807) is 18.2 Å². The van der Waals surface area contributed by atoms with E-state index in [0.717, 1.165) is 16.9 Å². The number of halogens is 1. The third kappa shape index (κ3) is 5.51. The quantitative estimate of drug-likeness (QED) is 0.566. The molecule has 0 atom stereocenters. The summed E-state index contributed by atoms with van der Waals surface area (Å²) in [5.74, 6) is 1.28. The van der Waals surface area contributed by atoms with E-state index in [1.807, 2.05) is 61.5 Å². The molecular formula is C23H22ClNO3. The predicted molar refractivity (Wildman–Crippen MR) is 111 cm³/mol. The highest BCUT2D eigenvalue weighted by molar-refractivity contribution is 6.31. The zero-order valence-electron chi connectivity index (χ0n) is 15.7. The minimum absolute atomic E-state index is 0.155. The Kier molecular flexibility index (Phi) is 6.93. The van der Waals surface area contributed by atoms with Crippen LogP contribution in [0.2, 0.25) is 5.02 Å². The lowest BCUT2D eigenvalue weighted by Gasteiger charge is -2.10. The van der Waals surface area contributed by atoms with E-state index in [0.29, 0.717) is 36.1 Å². The van der Waals surface area contributed by atoms with Crippen molar-refractivity contribution in [2.75, 3.05) is 6.61 Å². The highest BCUT2D eigenvalue weighted by atomic mass is 35.5. The van der Waals surface area contributed by atoms with Gasteiger partial charge in [0.05, 0.1) is 6.61 Å². The van der Waals surface area contributed by atoms with Crippen LogP contribution in [-0.4, -0.2) is 12.5 Å². The molecule has 0 unspecified atom stereocenters. The second-order valence-electron chi connectivity index (χ2n) is 6.17. The number of carbonyl (C=O) groups is 1. The largest absolute Gasteiger partial charge is 0.494 e. The van der Waals surface area contributed by atoms with E-state index in [2.05, 4.69) is 5.32 Å². The Hall–Kier alpha value is -2.98. The molecule has 0 heterocycles. The highest BCUT2D eigenvalue weighted by Crippen LogP contribution is 2.19. The number of amides is 1. The number of carbonyl (C=O) groups excluding carboxylic acids is 1. The van der Waals surface area contributed by atoms with Gasteiger partial charge in [0.2, 0.25) is 0 Å². The number of hydrogen-bond acceptors (Lipinski definition) is 3. The molecule has 28 heavy (non-hydrogen) atoms. The van der Waals surface area contributed by atoms with Gasteiger partial charge >= 0.3 is 0 Å². The third-order valence-corrected chi connectivity index (χ3v) is 4.50. The van der Waals surface area contributed by atoms with Gasteiger partial charge in [-0.15, -0.1) is 0 Å². The summed E-state index contributed by atoms with van der Waals surface area (Å²) in [5.41, 5.74) is 2.44. The highest BCUT2D eigenvalue weighted by Gasteiger charge is 2.08. The van der Waals surface area contributed by atoms with Gasteiger partial charge in [-0.05, 0) is 48.9 Å². The van der Waals surface area contributed by atoms with Gasteiger partial charge in [0, 0.05) is 22.7 Å². The van der Waals surface area contributed by atoms with Gasteiger partial charge in [0.25, 0.3) is 5.91 Å². The summed E-state index contributed by atoms with van der Waals surface area (Å²) < 4.78 is 11.2. The zero-order valence-corrected chi connectivity index (χ0v) is 16.4. The van der Waals surface area contributed by atoms with Crippen LogP contribution in [0.3, 0.4) is 0 Å². The number of rotatable bonds is 8. The summed E-state index contributed by atoms with van der Waals surface area (Å²) >= 11 is 6.15. The van der Waals surface area contributed by atoms with E-state index >= 15 is 0 Å². The molecule has 0 aliphatic rings. The van der Waals surface area contributed by atoms with Crippen LogP contribution < -0.4 is 14.8 Å². The average molecular weight is 396 g/mol. The first-order valence-electron chi connectivity index (χ1n) is 9.12. The molecule has 0 bridgehead atoms. The van der Waals surface area contributed by atoms with Crippen molar-refractivity contribution in [3.05, 3.63) is 94.5 Å².